The first-order valence-corrected chi connectivity index (χ1v) is 6.66. The molecule has 1 aromatic rings. The maximum absolute atomic E-state index is 12.1. The number of ketones is 1. The van der Waals surface area contributed by atoms with Crippen molar-refractivity contribution in [3.63, 3.8) is 0 Å². The Bertz CT molecular complexity index is 478. The lowest BCUT2D eigenvalue weighted by atomic mass is 9.95. The number of halogens is 1. The van der Waals surface area contributed by atoms with E-state index in [1.54, 1.807) is 0 Å². The average molecular weight is 267 g/mol. The third kappa shape index (κ3) is 2.25. The first-order valence-electron chi connectivity index (χ1n) is 6.28. The summed E-state index contributed by atoms with van der Waals surface area (Å²) in [5.41, 5.74) is 2.04. The smallest absolute Gasteiger partial charge is 0.142 e. The first kappa shape index (κ1) is 12.0. The van der Waals surface area contributed by atoms with Crippen LogP contribution in [0.5, 0.6) is 5.75 Å². The van der Waals surface area contributed by atoms with Crippen molar-refractivity contribution in [2.24, 2.45) is 5.92 Å². The maximum atomic E-state index is 12.1. The SMILES string of the molecule is O=C(Cc1cc(Cl)cc2c1OCC2)C1CCOC1. The van der Waals surface area contributed by atoms with E-state index in [0.29, 0.717) is 31.3 Å². The van der Waals surface area contributed by atoms with Gasteiger partial charge < -0.3 is 9.47 Å². The molecule has 0 saturated carbocycles. The van der Waals surface area contributed by atoms with Crippen LogP contribution in [0.25, 0.3) is 0 Å². The van der Waals surface area contributed by atoms with E-state index in [-0.39, 0.29) is 11.7 Å². The van der Waals surface area contributed by atoms with E-state index in [4.69, 9.17) is 21.1 Å². The molecule has 0 amide bonds. The molecule has 4 heteroatoms. The molecule has 96 valence electrons. The summed E-state index contributed by atoms with van der Waals surface area (Å²) in [6.45, 7) is 1.94. The predicted molar refractivity (Wildman–Crippen MR) is 68.3 cm³/mol. The van der Waals surface area contributed by atoms with Gasteiger partial charge in [-0.05, 0) is 24.1 Å². The normalized spacial score (nSPS) is 21.7. The third-order valence-electron chi connectivity index (χ3n) is 3.58. The van der Waals surface area contributed by atoms with Crippen molar-refractivity contribution in [3.8, 4) is 5.75 Å². The lowest BCUT2D eigenvalue weighted by Gasteiger charge is -2.10. The zero-order valence-electron chi connectivity index (χ0n) is 10.1. The van der Waals surface area contributed by atoms with Gasteiger partial charge in [0.05, 0.1) is 13.2 Å². The van der Waals surface area contributed by atoms with Gasteiger partial charge in [-0.25, -0.2) is 0 Å². The number of benzene rings is 1. The molecular weight excluding hydrogens is 252 g/mol. The highest BCUT2D eigenvalue weighted by Gasteiger charge is 2.26. The highest BCUT2D eigenvalue weighted by Crippen LogP contribution is 2.33. The summed E-state index contributed by atoms with van der Waals surface area (Å²) in [4.78, 5) is 12.1. The van der Waals surface area contributed by atoms with Gasteiger partial charge in [0.25, 0.3) is 0 Å². The summed E-state index contributed by atoms with van der Waals surface area (Å²) in [5, 5.41) is 0.685. The number of rotatable bonds is 3. The molecule has 1 atom stereocenters. The molecule has 0 bridgehead atoms. The first-order chi connectivity index (χ1) is 8.74. The molecule has 2 aliphatic rings. The zero-order valence-corrected chi connectivity index (χ0v) is 10.8. The topological polar surface area (TPSA) is 35.5 Å². The average Bonchev–Trinajstić information content (AvgIpc) is 2.98. The number of carbonyl (C=O) groups is 1. The van der Waals surface area contributed by atoms with Crippen LogP contribution in [-0.4, -0.2) is 25.6 Å². The van der Waals surface area contributed by atoms with Crippen molar-refractivity contribution in [3.05, 3.63) is 28.3 Å². The summed E-state index contributed by atoms with van der Waals surface area (Å²) >= 11 is 6.08. The van der Waals surface area contributed by atoms with E-state index in [1.807, 2.05) is 12.1 Å². The minimum atomic E-state index is 0.0426. The van der Waals surface area contributed by atoms with E-state index in [1.165, 1.54) is 0 Å². The van der Waals surface area contributed by atoms with Crippen molar-refractivity contribution in [2.45, 2.75) is 19.3 Å². The van der Waals surface area contributed by atoms with Crippen LogP contribution in [0.2, 0.25) is 5.02 Å². The van der Waals surface area contributed by atoms with Crippen LogP contribution in [0.1, 0.15) is 17.5 Å². The van der Waals surface area contributed by atoms with Crippen LogP contribution in [0.4, 0.5) is 0 Å². The molecule has 3 rings (SSSR count). The van der Waals surface area contributed by atoms with Crippen molar-refractivity contribution >= 4 is 17.4 Å². The molecule has 1 unspecified atom stereocenters. The second-order valence-electron chi connectivity index (χ2n) is 4.86. The summed E-state index contributed by atoms with van der Waals surface area (Å²) in [7, 11) is 0. The second kappa shape index (κ2) is 4.90. The van der Waals surface area contributed by atoms with Crippen LogP contribution < -0.4 is 4.74 Å². The molecular formula is C14H15ClO3. The molecule has 0 radical (unpaired) electrons. The number of carbonyl (C=O) groups excluding carboxylic acids is 1. The standard InChI is InChI=1S/C14H15ClO3/c15-12-5-9-2-4-18-14(9)11(6-12)7-13(16)10-1-3-17-8-10/h5-6,10H,1-4,7-8H2. The van der Waals surface area contributed by atoms with Crippen molar-refractivity contribution in [2.75, 3.05) is 19.8 Å². The summed E-state index contributed by atoms with van der Waals surface area (Å²) < 4.78 is 10.9. The van der Waals surface area contributed by atoms with Crippen LogP contribution in [0, 0.1) is 5.92 Å². The summed E-state index contributed by atoms with van der Waals surface area (Å²) in [5.74, 6) is 1.14. The third-order valence-corrected chi connectivity index (χ3v) is 3.79. The van der Waals surface area contributed by atoms with E-state index in [0.717, 1.165) is 29.7 Å². The van der Waals surface area contributed by atoms with Crippen molar-refractivity contribution in [1.82, 2.24) is 0 Å². The highest BCUT2D eigenvalue weighted by atomic mass is 35.5. The Balaban J connectivity index is 1.82. The van der Waals surface area contributed by atoms with E-state index < -0.39 is 0 Å². The Morgan fingerprint density at radius 2 is 2.28 bits per heavy atom. The van der Waals surface area contributed by atoms with Crippen LogP contribution >= 0.6 is 11.6 Å². The molecule has 1 fully saturated rings. The Morgan fingerprint density at radius 3 is 3.06 bits per heavy atom. The van der Waals surface area contributed by atoms with Crippen molar-refractivity contribution < 1.29 is 14.3 Å². The highest BCUT2D eigenvalue weighted by molar-refractivity contribution is 6.30. The van der Waals surface area contributed by atoms with Gasteiger partial charge in [0, 0.05) is 36.0 Å². The molecule has 18 heavy (non-hydrogen) atoms. The molecule has 0 aliphatic carbocycles. The molecule has 1 saturated heterocycles. The largest absolute Gasteiger partial charge is 0.493 e. The summed E-state index contributed by atoms with van der Waals surface area (Å²) in [6, 6.07) is 3.77. The Kier molecular flexibility index (Phi) is 3.27. The van der Waals surface area contributed by atoms with Crippen LogP contribution in [0.3, 0.4) is 0 Å². The molecule has 3 nitrogen and oxygen atoms in total. The van der Waals surface area contributed by atoms with Crippen LogP contribution in [0.15, 0.2) is 12.1 Å². The number of fused-ring (bicyclic) bond motifs is 1. The zero-order chi connectivity index (χ0) is 12.5. The van der Waals surface area contributed by atoms with Crippen LogP contribution in [-0.2, 0) is 22.4 Å². The van der Waals surface area contributed by atoms with Gasteiger partial charge in [0.1, 0.15) is 11.5 Å². The number of hydrogen-bond donors (Lipinski definition) is 0. The molecule has 0 N–H and O–H groups in total. The van der Waals surface area contributed by atoms with Gasteiger partial charge in [-0.1, -0.05) is 11.6 Å². The maximum Gasteiger partial charge on any atom is 0.142 e. The minimum Gasteiger partial charge on any atom is -0.493 e. The second-order valence-corrected chi connectivity index (χ2v) is 5.29. The van der Waals surface area contributed by atoms with E-state index >= 15 is 0 Å². The van der Waals surface area contributed by atoms with Gasteiger partial charge in [-0.2, -0.15) is 0 Å². The Morgan fingerprint density at radius 1 is 1.39 bits per heavy atom. The molecule has 2 aliphatic heterocycles. The van der Waals surface area contributed by atoms with E-state index in [9.17, 15) is 4.79 Å². The van der Waals surface area contributed by atoms with Gasteiger partial charge in [0.2, 0.25) is 0 Å². The fourth-order valence-electron chi connectivity index (χ4n) is 2.60. The van der Waals surface area contributed by atoms with Gasteiger partial charge in [-0.3, -0.25) is 4.79 Å². The number of ether oxygens (including phenoxy) is 2. The lowest BCUT2D eigenvalue weighted by Crippen LogP contribution is -2.17. The fourth-order valence-corrected chi connectivity index (χ4v) is 2.86. The molecule has 0 aromatic heterocycles. The van der Waals surface area contributed by atoms with Gasteiger partial charge in [0.15, 0.2) is 0 Å². The number of Topliss-reactive ketones (excluding diaryl/α,β-unsaturated/α-hetero) is 1. The molecule has 1 aromatic carbocycles. The van der Waals surface area contributed by atoms with Gasteiger partial charge >= 0.3 is 0 Å². The fraction of sp³-hybridized carbons (Fsp3) is 0.500. The predicted octanol–water partition coefficient (Wildman–Crippen LogP) is 2.42. The monoisotopic (exact) mass is 266 g/mol. The number of hydrogen-bond acceptors (Lipinski definition) is 3. The quantitative estimate of drug-likeness (QED) is 0.843. The Labute approximate surface area is 111 Å². The van der Waals surface area contributed by atoms with Crippen molar-refractivity contribution in [1.29, 1.82) is 0 Å². The lowest BCUT2D eigenvalue weighted by molar-refractivity contribution is -0.122. The van der Waals surface area contributed by atoms with E-state index in [2.05, 4.69) is 0 Å². The molecule has 0 spiro atoms. The molecule has 2 heterocycles. The van der Waals surface area contributed by atoms with Gasteiger partial charge in [-0.15, -0.1) is 0 Å². The summed E-state index contributed by atoms with van der Waals surface area (Å²) in [6.07, 6.45) is 2.11. The Hall–Kier alpha value is -1.06. The minimum absolute atomic E-state index is 0.0426.